The summed E-state index contributed by atoms with van der Waals surface area (Å²) in [6.07, 6.45) is 0.376. The molecule has 2 amide bonds. The van der Waals surface area contributed by atoms with Gasteiger partial charge in [0.25, 0.3) is 0 Å². The van der Waals surface area contributed by atoms with Crippen molar-refractivity contribution in [1.29, 1.82) is 0 Å². The Kier molecular flexibility index (Phi) is 5.08. The van der Waals surface area contributed by atoms with Crippen LogP contribution in [-0.2, 0) is 12.7 Å². The zero-order chi connectivity index (χ0) is 17.7. The van der Waals surface area contributed by atoms with Crippen LogP contribution in [0.4, 0.5) is 18.0 Å². The standard InChI is InChI=1S/C15H13F3N4O2/c1-3-8-19-14(23)22(2)9-10-4-6-11(7-5-10)12-20-13(24-21-12)15(16,17)18/h1,4-7H,8-9H2,2H3,(H,19,23). The van der Waals surface area contributed by atoms with Gasteiger partial charge in [0, 0.05) is 19.2 Å². The topological polar surface area (TPSA) is 71.3 Å². The van der Waals surface area contributed by atoms with Crippen LogP contribution in [0.1, 0.15) is 11.5 Å². The largest absolute Gasteiger partial charge is 0.471 e. The highest BCUT2D eigenvalue weighted by Crippen LogP contribution is 2.29. The number of halogens is 3. The summed E-state index contributed by atoms with van der Waals surface area (Å²) < 4.78 is 41.5. The Morgan fingerprint density at radius 3 is 2.58 bits per heavy atom. The Bertz CT molecular complexity index is 747. The molecule has 0 bridgehead atoms. The van der Waals surface area contributed by atoms with Gasteiger partial charge >= 0.3 is 18.1 Å². The van der Waals surface area contributed by atoms with E-state index in [4.69, 9.17) is 6.42 Å². The van der Waals surface area contributed by atoms with E-state index in [0.29, 0.717) is 12.1 Å². The fourth-order valence-corrected chi connectivity index (χ4v) is 1.82. The van der Waals surface area contributed by atoms with Gasteiger partial charge in [-0.1, -0.05) is 35.3 Å². The van der Waals surface area contributed by atoms with Crippen molar-refractivity contribution in [2.24, 2.45) is 0 Å². The first-order valence-electron chi connectivity index (χ1n) is 6.74. The molecule has 0 unspecified atom stereocenters. The number of hydrogen-bond donors (Lipinski definition) is 1. The number of benzene rings is 1. The van der Waals surface area contributed by atoms with Crippen molar-refractivity contribution in [2.45, 2.75) is 12.7 Å². The van der Waals surface area contributed by atoms with Gasteiger partial charge in [0.1, 0.15) is 0 Å². The van der Waals surface area contributed by atoms with Crippen LogP contribution in [0.3, 0.4) is 0 Å². The van der Waals surface area contributed by atoms with E-state index in [2.05, 4.69) is 25.9 Å². The third kappa shape index (κ3) is 4.25. The molecule has 126 valence electrons. The van der Waals surface area contributed by atoms with Gasteiger partial charge in [0.05, 0.1) is 6.54 Å². The van der Waals surface area contributed by atoms with Gasteiger partial charge in [0.15, 0.2) is 0 Å². The molecular formula is C15H13F3N4O2. The maximum atomic E-state index is 12.4. The molecule has 0 saturated heterocycles. The number of alkyl halides is 3. The molecule has 0 aliphatic rings. The van der Waals surface area contributed by atoms with E-state index in [0.717, 1.165) is 5.56 Å². The highest BCUT2D eigenvalue weighted by molar-refractivity contribution is 5.74. The molecule has 6 nitrogen and oxygen atoms in total. The Balaban J connectivity index is 2.04. The molecule has 0 aliphatic heterocycles. The van der Waals surface area contributed by atoms with Crippen molar-refractivity contribution >= 4 is 6.03 Å². The SMILES string of the molecule is C#CCNC(=O)N(C)Cc1ccc(-c2noc(C(F)(F)F)n2)cc1. The van der Waals surface area contributed by atoms with Crippen molar-refractivity contribution in [2.75, 3.05) is 13.6 Å². The van der Waals surface area contributed by atoms with E-state index in [1.165, 1.54) is 4.90 Å². The van der Waals surface area contributed by atoms with Crippen LogP contribution in [0.15, 0.2) is 28.8 Å². The number of nitrogens with zero attached hydrogens (tertiary/aromatic N) is 3. The van der Waals surface area contributed by atoms with Crippen LogP contribution >= 0.6 is 0 Å². The zero-order valence-electron chi connectivity index (χ0n) is 12.6. The molecule has 1 N–H and O–H groups in total. The summed E-state index contributed by atoms with van der Waals surface area (Å²) in [6.45, 7) is 0.429. The number of carbonyl (C=O) groups is 1. The van der Waals surface area contributed by atoms with Crippen LogP contribution in [0.5, 0.6) is 0 Å². The van der Waals surface area contributed by atoms with Gasteiger partial charge in [-0.2, -0.15) is 18.2 Å². The first kappa shape index (κ1) is 17.3. The number of aromatic nitrogens is 2. The Hall–Kier alpha value is -3.02. The molecular weight excluding hydrogens is 325 g/mol. The number of hydrogen-bond acceptors (Lipinski definition) is 4. The molecule has 9 heteroatoms. The van der Waals surface area contributed by atoms with Gasteiger partial charge in [-0.3, -0.25) is 0 Å². The van der Waals surface area contributed by atoms with Gasteiger partial charge in [-0.15, -0.1) is 6.42 Å². The summed E-state index contributed by atoms with van der Waals surface area (Å²) >= 11 is 0. The smallest absolute Gasteiger partial charge is 0.329 e. The molecule has 1 heterocycles. The van der Waals surface area contributed by atoms with E-state index in [1.54, 1.807) is 31.3 Å². The van der Waals surface area contributed by atoms with E-state index in [9.17, 15) is 18.0 Å². The average Bonchev–Trinajstić information content (AvgIpc) is 3.03. The molecule has 0 saturated carbocycles. The van der Waals surface area contributed by atoms with Crippen LogP contribution in [0, 0.1) is 12.3 Å². The predicted molar refractivity (Wildman–Crippen MR) is 78.4 cm³/mol. The summed E-state index contributed by atoms with van der Waals surface area (Å²) in [5.74, 6) is 0.739. The van der Waals surface area contributed by atoms with Gasteiger partial charge in [-0.05, 0) is 5.56 Å². The third-order valence-corrected chi connectivity index (χ3v) is 2.99. The molecule has 24 heavy (non-hydrogen) atoms. The van der Waals surface area contributed by atoms with E-state index >= 15 is 0 Å². The number of urea groups is 1. The number of carbonyl (C=O) groups excluding carboxylic acids is 1. The molecule has 2 aromatic rings. The number of nitrogens with one attached hydrogen (secondary N) is 1. The Morgan fingerprint density at radius 1 is 1.38 bits per heavy atom. The first-order valence-corrected chi connectivity index (χ1v) is 6.74. The Morgan fingerprint density at radius 2 is 2.04 bits per heavy atom. The van der Waals surface area contributed by atoms with Crippen molar-refractivity contribution in [3.63, 3.8) is 0 Å². The lowest BCUT2D eigenvalue weighted by Gasteiger charge is -2.17. The van der Waals surface area contributed by atoms with Gasteiger partial charge in [-0.25, -0.2) is 4.79 Å². The monoisotopic (exact) mass is 338 g/mol. The number of rotatable bonds is 4. The summed E-state index contributed by atoms with van der Waals surface area (Å²) in [6, 6.07) is 6.08. The van der Waals surface area contributed by atoms with Crippen LogP contribution in [0.25, 0.3) is 11.4 Å². The van der Waals surface area contributed by atoms with Crippen LogP contribution < -0.4 is 5.32 Å². The van der Waals surface area contributed by atoms with Crippen molar-refractivity contribution in [1.82, 2.24) is 20.4 Å². The lowest BCUT2D eigenvalue weighted by atomic mass is 10.1. The summed E-state index contributed by atoms with van der Waals surface area (Å²) in [7, 11) is 1.59. The quantitative estimate of drug-likeness (QED) is 0.870. The summed E-state index contributed by atoms with van der Waals surface area (Å²) in [5, 5.41) is 5.82. The highest BCUT2D eigenvalue weighted by Gasteiger charge is 2.38. The second kappa shape index (κ2) is 7.04. The second-order valence-electron chi connectivity index (χ2n) is 4.84. The van der Waals surface area contributed by atoms with Gasteiger partial charge in [0.2, 0.25) is 5.82 Å². The molecule has 1 aromatic carbocycles. The maximum absolute atomic E-state index is 12.4. The van der Waals surface area contributed by atoms with Crippen molar-refractivity contribution < 1.29 is 22.5 Å². The minimum absolute atomic E-state index is 0.126. The Labute approximate surface area is 135 Å². The summed E-state index contributed by atoms with van der Waals surface area (Å²) in [5.41, 5.74) is 1.15. The second-order valence-corrected chi connectivity index (χ2v) is 4.84. The lowest BCUT2D eigenvalue weighted by molar-refractivity contribution is -0.159. The molecule has 0 spiro atoms. The minimum atomic E-state index is -4.68. The molecule has 0 atom stereocenters. The van der Waals surface area contributed by atoms with E-state index in [-0.39, 0.29) is 18.4 Å². The van der Waals surface area contributed by atoms with Crippen LogP contribution in [-0.4, -0.2) is 34.7 Å². The lowest BCUT2D eigenvalue weighted by Crippen LogP contribution is -2.36. The van der Waals surface area contributed by atoms with E-state index in [1.807, 2.05) is 0 Å². The molecule has 0 radical (unpaired) electrons. The zero-order valence-corrected chi connectivity index (χ0v) is 12.6. The fraction of sp³-hybridized carbons (Fsp3) is 0.267. The van der Waals surface area contributed by atoms with Crippen molar-refractivity contribution in [3.05, 3.63) is 35.7 Å². The number of amides is 2. The molecule has 1 aromatic heterocycles. The molecule has 0 fully saturated rings. The molecule has 2 rings (SSSR count). The van der Waals surface area contributed by atoms with Crippen LogP contribution in [0.2, 0.25) is 0 Å². The minimum Gasteiger partial charge on any atom is -0.329 e. The molecule has 0 aliphatic carbocycles. The first-order chi connectivity index (χ1) is 11.3. The maximum Gasteiger partial charge on any atom is 0.471 e. The fourth-order valence-electron chi connectivity index (χ4n) is 1.82. The number of terminal acetylenes is 1. The average molecular weight is 338 g/mol. The van der Waals surface area contributed by atoms with E-state index < -0.39 is 12.1 Å². The highest BCUT2D eigenvalue weighted by atomic mass is 19.4. The third-order valence-electron chi connectivity index (χ3n) is 2.99. The van der Waals surface area contributed by atoms with Gasteiger partial charge < -0.3 is 14.7 Å². The van der Waals surface area contributed by atoms with Crippen molar-refractivity contribution in [3.8, 4) is 23.7 Å². The predicted octanol–water partition coefficient (Wildman–Crippen LogP) is 2.53. The normalized spacial score (nSPS) is 11.0. The summed E-state index contributed by atoms with van der Waals surface area (Å²) in [4.78, 5) is 16.4.